The third-order valence-electron chi connectivity index (χ3n) is 3.00. The van der Waals surface area contributed by atoms with Crippen molar-refractivity contribution in [2.24, 2.45) is 5.92 Å². The first-order valence-corrected chi connectivity index (χ1v) is 5.43. The summed E-state index contributed by atoms with van der Waals surface area (Å²) in [7, 11) is 0. The number of nitrogen functional groups attached to an aromatic ring is 1. The van der Waals surface area contributed by atoms with E-state index in [9.17, 15) is 9.59 Å². The van der Waals surface area contributed by atoms with Gasteiger partial charge in [-0.15, -0.1) is 0 Å². The number of rotatable bonds is 3. The Bertz CT molecular complexity index is 517. The van der Waals surface area contributed by atoms with E-state index >= 15 is 0 Å². The van der Waals surface area contributed by atoms with E-state index in [4.69, 9.17) is 5.73 Å². The Hall–Kier alpha value is -1.72. The Balaban J connectivity index is 2.43. The second kappa shape index (κ2) is 3.70. The van der Waals surface area contributed by atoms with Crippen LogP contribution in [0.4, 0.5) is 11.5 Å². The molecule has 0 aliphatic heterocycles. The van der Waals surface area contributed by atoms with Gasteiger partial charge in [-0.3, -0.25) is 14.3 Å². The highest BCUT2D eigenvalue weighted by molar-refractivity contribution is 5.61. The molecule has 0 saturated heterocycles. The molecule has 0 bridgehead atoms. The topological polar surface area (TPSA) is 92.9 Å². The minimum absolute atomic E-state index is 0.218. The molecular weight excluding hydrogens is 208 g/mol. The quantitative estimate of drug-likeness (QED) is 0.671. The zero-order chi connectivity index (χ0) is 11.9. The van der Waals surface area contributed by atoms with Crippen LogP contribution in [0.3, 0.4) is 0 Å². The van der Waals surface area contributed by atoms with Crippen molar-refractivity contribution in [3.63, 3.8) is 0 Å². The van der Waals surface area contributed by atoms with Crippen LogP contribution in [-0.4, -0.2) is 15.6 Å². The minimum atomic E-state index is -0.459. The average Bonchev–Trinajstić information content (AvgIpc) is 2.89. The van der Waals surface area contributed by atoms with Crippen molar-refractivity contribution in [2.75, 3.05) is 11.1 Å². The minimum Gasteiger partial charge on any atom is -0.383 e. The first-order valence-electron chi connectivity index (χ1n) is 5.43. The first-order chi connectivity index (χ1) is 7.54. The molecule has 88 valence electrons. The fourth-order valence-electron chi connectivity index (χ4n) is 1.75. The molecule has 1 aliphatic rings. The van der Waals surface area contributed by atoms with Crippen LogP contribution < -0.4 is 22.3 Å². The van der Waals surface area contributed by atoms with Crippen molar-refractivity contribution in [1.82, 2.24) is 9.55 Å². The lowest BCUT2D eigenvalue weighted by atomic mass is 10.4. The lowest BCUT2D eigenvalue weighted by molar-refractivity contribution is 0.705. The number of aromatic nitrogens is 2. The number of aromatic amines is 1. The lowest BCUT2D eigenvalue weighted by Gasteiger charge is -2.11. The van der Waals surface area contributed by atoms with E-state index in [0.29, 0.717) is 24.2 Å². The van der Waals surface area contributed by atoms with Gasteiger partial charge in [0.25, 0.3) is 5.56 Å². The molecule has 1 aromatic rings. The van der Waals surface area contributed by atoms with E-state index < -0.39 is 11.2 Å². The molecule has 4 N–H and O–H groups in total. The molecule has 6 nitrogen and oxygen atoms in total. The monoisotopic (exact) mass is 224 g/mol. The van der Waals surface area contributed by atoms with Crippen LogP contribution in [0.1, 0.15) is 20.3 Å². The van der Waals surface area contributed by atoms with E-state index in [2.05, 4.69) is 17.2 Å². The maximum absolute atomic E-state index is 11.6. The summed E-state index contributed by atoms with van der Waals surface area (Å²) in [5, 5.41) is 3.08. The number of anilines is 2. The van der Waals surface area contributed by atoms with E-state index in [-0.39, 0.29) is 5.82 Å². The Kier molecular flexibility index (Phi) is 2.49. The average molecular weight is 224 g/mol. The number of nitrogens with zero attached hydrogens (tertiary/aromatic N) is 1. The van der Waals surface area contributed by atoms with Gasteiger partial charge in [0.2, 0.25) is 0 Å². The van der Waals surface area contributed by atoms with E-state index in [1.165, 1.54) is 4.57 Å². The SMILES string of the molecule is CCn1c(N)c(NC2CC2C)c(=O)[nH]c1=O. The molecule has 1 aromatic heterocycles. The van der Waals surface area contributed by atoms with E-state index in [1.54, 1.807) is 6.92 Å². The fourth-order valence-corrected chi connectivity index (χ4v) is 1.75. The number of nitrogens with two attached hydrogens (primary N) is 1. The van der Waals surface area contributed by atoms with Gasteiger partial charge in [0.15, 0.2) is 0 Å². The maximum Gasteiger partial charge on any atom is 0.330 e. The Morgan fingerprint density at radius 2 is 2.19 bits per heavy atom. The summed E-state index contributed by atoms with van der Waals surface area (Å²) in [6.07, 6.45) is 1.03. The van der Waals surface area contributed by atoms with Crippen molar-refractivity contribution in [2.45, 2.75) is 32.9 Å². The highest BCUT2D eigenvalue weighted by Gasteiger charge is 2.33. The summed E-state index contributed by atoms with van der Waals surface area (Å²) in [6.45, 7) is 4.34. The van der Waals surface area contributed by atoms with Crippen molar-refractivity contribution in [3.05, 3.63) is 20.8 Å². The summed E-state index contributed by atoms with van der Waals surface area (Å²) in [5.74, 6) is 0.774. The molecule has 2 rings (SSSR count). The summed E-state index contributed by atoms with van der Waals surface area (Å²) in [5.41, 5.74) is 5.22. The van der Waals surface area contributed by atoms with Crippen LogP contribution in [0.5, 0.6) is 0 Å². The summed E-state index contributed by atoms with van der Waals surface area (Å²) in [6, 6.07) is 0.297. The Morgan fingerprint density at radius 1 is 1.56 bits per heavy atom. The van der Waals surface area contributed by atoms with Crippen LogP contribution in [-0.2, 0) is 6.54 Å². The smallest absolute Gasteiger partial charge is 0.330 e. The zero-order valence-electron chi connectivity index (χ0n) is 9.41. The van der Waals surface area contributed by atoms with Gasteiger partial charge in [-0.2, -0.15) is 0 Å². The number of H-pyrrole nitrogens is 1. The van der Waals surface area contributed by atoms with Gasteiger partial charge in [-0.25, -0.2) is 4.79 Å². The normalized spacial score (nSPS) is 23.1. The van der Waals surface area contributed by atoms with Gasteiger partial charge in [0, 0.05) is 12.6 Å². The highest BCUT2D eigenvalue weighted by atomic mass is 16.2. The molecule has 1 heterocycles. The molecule has 0 spiro atoms. The largest absolute Gasteiger partial charge is 0.383 e. The zero-order valence-corrected chi connectivity index (χ0v) is 9.41. The fraction of sp³-hybridized carbons (Fsp3) is 0.600. The van der Waals surface area contributed by atoms with Crippen LogP contribution in [0, 0.1) is 5.92 Å². The summed E-state index contributed by atoms with van der Waals surface area (Å²) >= 11 is 0. The number of hydrogen-bond donors (Lipinski definition) is 3. The number of nitrogens with one attached hydrogen (secondary N) is 2. The Labute approximate surface area is 92.5 Å². The third-order valence-corrected chi connectivity index (χ3v) is 3.00. The molecule has 1 saturated carbocycles. The van der Waals surface area contributed by atoms with Gasteiger partial charge < -0.3 is 11.1 Å². The van der Waals surface area contributed by atoms with Crippen LogP contribution in [0.25, 0.3) is 0 Å². The van der Waals surface area contributed by atoms with Gasteiger partial charge in [0.05, 0.1) is 0 Å². The molecular formula is C10H16N4O2. The Morgan fingerprint density at radius 3 is 2.69 bits per heavy atom. The van der Waals surface area contributed by atoms with Crippen molar-refractivity contribution < 1.29 is 0 Å². The van der Waals surface area contributed by atoms with Gasteiger partial charge >= 0.3 is 5.69 Å². The molecule has 6 heteroatoms. The van der Waals surface area contributed by atoms with Gasteiger partial charge in [-0.05, 0) is 19.3 Å². The maximum atomic E-state index is 11.6. The molecule has 1 fully saturated rings. The first kappa shape index (κ1) is 10.8. The second-order valence-electron chi connectivity index (χ2n) is 4.23. The number of hydrogen-bond acceptors (Lipinski definition) is 4. The standard InChI is InChI=1S/C10H16N4O2/c1-3-14-8(11)7(9(15)13-10(14)16)12-6-4-5(6)2/h5-6,12H,3-4,11H2,1-2H3,(H,13,15,16). The highest BCUT2D eigenvalue weighted by Crippen LogP contribution is 2.32. The predicted molar refractivity (Wildman–Crippen MR) is 62.6 cm³/mol. The molecule has 0 aromatic carbocycles. The van der Waals surface area contributed by atoms with Crippen LogP contribution in [0.2, 0.25) is 0 Å². The van der Waals surface area contributed by atoms with Crippen molar-refractivity contribution in [3.8, 4) is 0 Å². The molecule has 2 atom stereocenters. The molecule has 2 unspecified atom stereocenters. The molecule has 16 heavy (non-hydrogen) atoms. The second-order valence-corrected chi connectivity index (χ2v) is 4.23. The van der Waals surface area contributed by atoms with Gasteiger partial charge in [0.1, 0.15) is 11.5 Å². The van der Waals surface area contributed by atoms with Crippen molar-refractivity contribution >= 4 is 11.5 Å². The third kappa shape index (κ3) is 1.70. The predicted octanol–water partition coefficient (Wildman–Crippen LogP) is -0.0410. The molecule has 0 radical (unpaired) electrons. The molecule has 1 aliphatic carbocycles. The van der Waals surface area contributed by atoms with E-state index in [1.807, 2.05) is 0 Å². The van der Waals surface area contributed by atoms with Crippen molar-refractivity contribution in [1.29, 1.82) is 0 Å². The lowest BCUT2D eigenvalue weighted by Crippen LogP contribution is -2.34. The van der Waals surface area contributed by atoms with Gasteiger partial charge in [-0.1, -0.05) is 6.92 Å². The summed E-state index contributed by atoms with van der Waals surface area (Å²) in [4.78, 5) is 25.3. The summed E-state index contributed by atoms with van der Waals surface area (Å²) < 4.78 is 1.34. The van der Waals surface area contributed by atoms with E-state index in [0.717, 1.165) is 6.42 Å². The van der Waals surface area contributed by atoms with Crippen LogP contribution in [0.15, 0.2) is 9.59 Å². The van der Waals surface area contributed by atoms with Crippen LogP contribution >= 0.6 is 0 Å². The molecule has 0 amide bonds.